The summed E-state index contributed by atoms with van der Waals surface area (Å²) in [7, 11) is 0. The van der Waals surface area contributed by atoms with Gasteiger partial charge < -0.3 is 15.8 Å². The molecule has 1 heterocycles. The lowest BCUT2D eigenvalue weighted by Gasteiger charge is -2.11. The van der Waals surface area contributed by atoms with Gasteiger partial charge in [0.05, 0.1) is 6.54 Å². The first kappa shape index (κ1) is 18.7. The van der Waals surface area contributed by atoms with Crippen molar-refractivity contribution in [3.8, 4) is 5.75 Å². The van der Waals surface area contributed by atoms with Crippen molar-refractivity contribution < 1.29 is 19.1 Å². The van der Waals surface area contributed by atoms with Crippen LogP contribution in [0.1, 0.15) is 11.1 Å². The molecule has 0 radical (unpaired) electrons. The molecule has 3 N–H and O–H groups in total. The van der Waals surface area contributed by atoms with Crippen LogP contribution in [0.2, 0.25) is 0 Å². The summed E-state index contributed by atoms with van der Waals surface area (Å²) < 4.78 is 6.10. The van der Waals surface area contributed by atoms with E-state index >= 15 is 0 Å². The van der Waals surface area contributed by atoms with Crippen LogP contribution >= 0.6 is 15.9 Å². The van der Waals surface area contributed by atoms with Gasteiger partial charge in [0.15, 0.2) is 6.61 Å². The van der Waals surface area contributed by atoms with Crippen LogP contribution in [0.25, 0.3) is 6.08 Å². The highest BCUT2D eigenvalue weighted by molar-refractivity contribution is 9.10. The van der Waals surface area contributed by atoms with E-state index in [1.165, 1.54) is 0 Å². The van der Waals surface area contributed by atoms with Crippen LogP contribution in [-0.4, -0.2) is 29.4 Å². The van der Waals surface area contributed by atoms with Crippen molar-refractivity contribution >= 4 is 39.9 Å². The van der Waals surface area contributed by atoms with E-state index in [1.807, 2.05) is 24.3 Å². The van der Waals surface area contributed by atoms with E-state index < -0.39 is 17.8 Å². The predicted molar refractivity (Wildman–Crippen MR) is 102 cm³/mol. The summed E-state index contributed by atoms with van der Waals surface area (Å²) in [5.74, 6) is -0.474. The van der Waals surface area contributed by atoms with Crippen LogP contribution in [-0.2, 0) is 16.1 Å². The smallest absolute Gasteiger partial charge is 0.329 e. The molecule has 0 saturated carbocycles. The number of carbonyl (C=O) groups excluding carboxylic acids is 3. The molecule has 0 atom stereocenters. The van der Waals surface area contributed by atoms with Crippen LogP contribution in [0.15, 0.2) is 58.7 Å². The van der Waals surface area contributed by atoms with E-state index in [-0.39, 0.29) is 18.8 Å². The third-order valence-corrected chi connectivity index (χ3v) is 4.32. The number of carbonyl (C=O) groups is 3. The number of rotatable bonds is 6. The Labute approximate surface area is 163 Å². The Bertz CT molecular complexity index is 908. The van der Waals surface area contributed by atoms with E-state index in [1.54, 1.807) is 30.3 Å². The molecule has 7 nitrogen and oxygen atoms in total. The average Bonchev–Trinajstić information content (AvgIpc) is 2.90. The molecule has 8 heteroatoms. The first-order chi connectivity index (χ1) is 12.9. The summed E-state index contributed by atoms with van der Waals surface area (Å²) in [5.41, 5.74) is 6.77. The number of primary amides is 1. The van der Waals surface area contributed by atoms with Gasteiger partial charge in [0.2, 0.25) is 0 Å². The quantitative estimate of drug-likeness (QED) is 0.543. The number of halogens is 1. The molecular formula is C19H16BrN3O4. The Morgan fingerprint density at radius 1 is 1.11 bits per heavy atom. The third kappa shape index (κ3) is 4.73. The van der Waals surface area contributed by atoms with Crippen LogP contribution in [0.4, 0.5) is 4.79 Å². The fraction of sp³-hybridized carbons (Fsp3) is 0.105. The molecule has 1 saturated heterocycles. The Morgan fingerprint density at radius 2 is 1.78 bits per heavy atom. The minimum absolute atomic E-state index is 0.190. The van der Waals surface area contributed by atoms with Crippen LogP contribution in [0, 0.1) is 0 Å². The highest BCUT2D eigenvalue weighted by atomic mass is 79.9. The first-order valence-electron chi connectivity index (χ1n) is 8.02. The SMILES string of the molecule is NC(=O)COc1ccc(C=C2NC(=O)N(Cc3ccc(Br)cc3)C2=O)cc1. The van der Waals surface area contributed by atoms with Gasteiger partial charge in [0.25, 0.3) is 11.8 Å². The Kier molecular flexibility index (Phi) is 5.56. The second kappa shape index (κ2) is 8.05. The molecule has 1 aliphatic heterocycles. The van der Waals surface area contributed by atoms with Crippen molar-refractivity contribution in [1.29, 1.82) is 0 Å². The lowest BCUT2D eigenvalue weighted by Crippen LogP contribution is -2.30. The number of urea groups is 1. The van der Waals surface area contributed by atoms with Gasteiger partial charge in [-0.3, -0.25) is 14.5 Å². The molecule has 4 amide bonds. The summed E-state index contributed by atoms with van der Waals surface area (Å²) in [6.45, 7) is -0.0187. The van der Waals surface area contributed by atoms with Gasteiger partial charge in [-0.1, -0.05) is 40.2 Å². The minimum Gasteiger partial charge on any atom is -0.484 e. The molecule has 0 aliphatic carbocycles. The van der Waals surface area contributed by atoms with Gasteiger partial charge in [-0.2, -0.15) is 0 Å². The Hall–Kier alpha value is -3.13. The number of nitrogens with one attached hydrogen (secondary N) is 1. The number of nitrogens with two attached hydrogens (primary N) is 1. The molecule has 1 aliphatic rings. The lowest BCUT2D eigenvalue weighted by atomic mass is 10.1. The number of hydrogen-bond donors (Lipinski definition) is 2. The van der Waals surface area contributed by atoms with Crippen molar-refractivity contribution in [2.45, 2.75) is 6.54 Å². The van der Waals surface area contributed by atoms with E-state index in [0.29, 0.717) is 11.3 Å². The zero-order valence-corrected chi connectivity index (χ0v) is 15.7. The number of benzene rings is 2. The molecule has 27 heavy (non-hydrogen) atoms. The van der Waals surface area contributed by atoms with Gasteiger partial charge in [-0.05, 0) is 41.5 Å². The van der Waals surface area contributed by atoms with E-state index in [2.05, 4.69) is 21.2 Å². The van der Waals surface area contributed by atoms with Crippen molar-refractivity contribution in [2.75, 3.05) is 6.61 Å². The summed E-state index contributed by atoms with van der Waals surface area (Å²) >= 11 is 3.35. The maximum atomic E-state index is 12.5. The van der Waals surface area contributed by atoms with Gasteiger partial charge >= 0.3 is 6.03 Å². The van der Waals surface area contributed by atoms with E-state index in [9.17, 15) is 14.4 Å². The molecule has 1 fully saturated rings. The summed E-state index contributed by atoms with van der Waals surface area (Å²) in [6.07, 6.45) is 1.58. The molecular weight excluding hydrogens is 414 g/mol. The zero-order valence-electron chi connectivity index (χ0n) is 14.1. The van der Waals surface area contributed by atoms with Crippen molar-refractivity contribution in [1.82, 2.24) is 10.2 Å². The van der Waals surface area contributed by atoms with Crippen LogP contribution in [0.5, 0.6) is 5.75 Å². The standard InChI is InChI=1S/C19H16BrN3O4/c20-14-5-1-13(2-6-14)10-23-18(25)16(22-19(23)26)9-12-3-7-15(8-4-12)27-11-17(21)24/h1-9H,10-11H2,(H2,21,24)(H,22,26). The normalized spacial score (nSPS) is 15.1. The minimum atomic E-state index is -0.564. The van der Waals surface area contributed by atoms with Crippen molar-refractivity contribution in [2.24, 2.45) is 5.73 Å². The number of hydrogen-bond acceptors (Lipinski definition) is 4. The number of ether oxygens (including phenoxy) is 1. The van der Waals surface area contributed by atoms with Crippen molar-refractivity contribution in [3.63, 3.8) is 0 Å². The molecule has 0 bridgehead atoms. The maximum absolute atomic E-state index is 12.5. The highest BCUT2D eigenvalue weighted by Crippen LogP contribution is 2.19. The number of amides is 4. The molecule has 3 rings (SSSR count). The molecule has 0 spiro atoms. The largest absolute Gasteiger partial charge is 0.484 e. The maximum Gasteiger partial charge on any atom is 0.329 e. The van der Waals surface area contributed by atoms with Crippen molar-refractivity contribution in [3.05, 3.63) is 69.8 Å². The second-order valence-corrected chi connectivity index (χ2v) is 6.75. The fourth-order valence-electron chi connectivity index (χ4n) is 2.47. The first-order valence-corrected chi connectivity index (χ1v) is 8.82. The summed E-state index contributed by atoms with van der Waals surface area (Å²) in [6, 6.07) is 13.6. The lowest BCUT2D eigenvalue weighted by molar-refractivity contribution is -0.123. The second-order valence-electron chi connectivity index (χ2n) is 5.83. The third-order valence-electron chi connectivity index (χ3n) is 3.79. The number of nitrogens with zero attached hydrogens (tertiary/aromatic N) is 1. The molecule has 138 valence electrons. The predicted octanol–water partition coefficient (Wildman–Crippen LogP) is 2.41. The summed E-state index contributed by atoms with van der Waals surface area (Å²) in [5, 5.41) is 2.59. The monoisotopic (exact) mass is 429 g/mol. The topological polar surface area (TPSA) is 102 Å². The molecule has 2 aromatic rings. The van der Waals surface area contributed by atoms with Gasteiger partial charge in [-0.15, -0.1) is 0 Å². The molecule has 0 unspecified atom stereocenters. The molecule has 2 aromatic carbocycles. The zero-order chi connectivity index (χ0) is 19.4. The highest BCUT2D eigenvalue weighted by Gasteiger charge is 2.33. The summed E-state index contributed by atoms with van der Waals surface area (Å²) in [4.78, 5) is 36.5. The van der Waals surface area contributed by atoms with Crippen LogP contribution < -0.4 is 15.8 Å². The Balaban J connectivity index is 1.70. The van der Waals surface area contributed by atoms with E-state index in [4.69, 9.17) is 10.5 Å². The van der Waals surface area contributed by atoms with Crippen LogP contribution in [0.3, 0.4) is 0 Å². The van der Waals surface area contributed by atoms with E-state index in [0.717, 1.165) is 14.9 Å². The molecule has 0 aromatic heterocycles. The fourth-order valence-corrected chi connectivity index (χ4v) is 2.73. The van der Waals surface area contributed by atoms with Gasteiger partial charge in [0, 0.05) is 4.47 Å². The average molecular weight is 430 g/mol. The Morgan fingerprint density at radius 3 is 2.41 bits per heavy atom. The van der Waals surface area contributed by atoms with Gasteiger partial charge in [-0.25, -0.2) is 4.79 Å². The number of imide groups is 1. The van der Waals surface area contributed by atoms with Gasteiger partial charge in [0.1, 0.15) is 11.4 Å².